The molecule has 0 amide bonds. The van der Waals surface area contributed by atoms with Crippen LogP contribution in [0.3, 0.4) is 0 Å². The highest BCUT2D eigenvalue weighted by molar-refractivity contribution is 5.85. The lowest BCUT2D eigenvalue weighted by atomic mass is 10.0. The Hall–Kier alpha value is -2.35. The molecule has 0 fully saturated rings. The van der Waals surface area contributed by atoms with Gasteiger partial charge in [-0.2, -0.15) is 0 Å². The molecule has 2 aromatic rings. The van der Waals surface area contributed by atoms with Crippen LogP contribution in [0.2, 0.25) is 0 Å². The molecule has 1 N–H and O–H groups in total. The van der Waals surface area contributed by atoms with Crippen molar-refractivity contribution < 1.29 is 9.90 Å². The summed E-state index contributed by atoms with van der Waals surface area (Å²) in [4.78, 5) is 10.4. The standard InChI is InChI=1S/C17H16O2/c1-2-13-3-8-15(9-4-13)16-10-5-14(6-11-16)7-12-17(18)19/h3-12H,2H2,1H3,(H,18,19)/b12-7+. The highest BCUT2D eigenvalue weighted by atomic mass is 16.4. The van der Waals surface area contributed by atoms with Crippen molar-refractivity contribution in [2.24, 2.45) is 0 Å². The Labute approximate surface area is 113 Å². The van der Waals surface area contributed by atoms with Gasteiger partial charge in [0, 0.05) is 6.08 Å². The van der Waals surface area contributed by atoms with E-state index >= 15 is 0 Å². The second-order valence-corrected chi connectivity index (χ2v) is 4.34. The van der Waals surface area contributed by atoms with Crippen molar-refractivity contribution in [1.82, 2.24) is 0 Å². The summed E-state index contributed by atoms with van der Waals surface area (Å²) in [5.41, 5.74) is 4.52. The van der Waals surface area contributed by atoms with Gasteiger partial charge in [-0.05, 0) is 34.8 Å². The average Bonchev–Trinajstić information content (AvgIpc) is 2.46. The fraction of sp³-hybridized carbons (Fsp3) is 0.118. The fourth-order valence-corrected chi connectivity index (χ4v) is 1.89. The van der Waals surface area contributed by atoms with E-state index in [1.165, 1.54) is 11.1 Å². The maximum atomic E-state index is 10.4. The van der Waals surface area contributed by atoms with Crippen molar-refractivity contribution in [1.29, 1.82) is 0 Å². The Kier molecular flexibility index (Phi) is 4.14. The Morgan fingerprint density at radius 1 is 1.00 bits per heavy atom. The maximum Gasteiger partial charge on any atom is 0.328 e. The van der Waals surface area contributed by atoms with Crippen LogP contribution in [0.15, 0.2) is 54.6 Å². The van der Waals surface area contributed by atoms with Gasteiger partial charge in [0.2, 0.25) is 0 Å². The molecule has 0 saturated carbocycles. The van der Waals surface area contributed by atoms with Gasteiger partial charge in [0.25, 0.3) is 0 Å². The van der Waals surface area contributed by atoms with Gasteiger partial charge in [-0.15, -0.1) is 0 Å². The van der Waals surface area contributed by atoms with E-state index in [1.54, 1.807) is 6.08 Å². The first-order valence-electron chi connectivity index (χ1n) is 6.29. The van der Waals surface area contributed by atoms with E-state index in [4.69, 9.17) is 5.11 Å². The Balaban J connectivity index is 2.19. The third-order valence-corrected chi connectivity index (χ3v) is 3.02. The maximum absolute atomic E-state index is 10.4. The highest BCUT2D eigenvalue weighted by Crippen LogP contribution is 2.20. The fourth-order valence-electron chi connectivity index (χ4n) is 1.89. The number of aryl methyl sites for hydroxylation is 1. The summed E-state index contributed by atoms with van der Waals surface area (Å²) >= 11 is 0. The van der Waals surface area contributed by atoms with Gasteiger partial charge >= 0.3 is 5.97 Å². The Morgan fingerprint density at radius 2 is 1.53 bits per heavy atom. The van der Waals surface area contributed by atoms with Crippen molar-refractivity contribution in [3.05, 3.63) is 65.7 Å². The molecule has 0 saturated heterocycles. The predicted molar refractivity (Wildman–Crippen MR) is 77.9 cm³/mol. The van der Waals surface area contributed by atoms with Crippen molar-refractivity contribution in [3.63, 3.8) is 0 Å². The number of carboxylic acids is 1. The summed E-state index contributed by atoms with van der Waals surface area (Å²) in [6.45, 7) is 2.14. The SMILES string of the molecule is CCc1ccc(-c2ccc(/C=C/C(=O)O)cc2)cc1. The normalized spacial score (nSPS) is 10.8. The number of rotatable bonds is 4. The largest absolute Gasteiger partial charge is 0.478 e. The average molecular weight is 252 g/mol. The van der Waals surface area contributed by atoms with Crippen molar-refractivity contribution in [3.8, 4) is 11.1 Å². The van der Waals surface area contributed by atoms with Crippen molar-refractivity contribution in [2.45, 2.75) is 13.3 Å². The van der Waals surface area contributed by atoms with E-state index in [0.717, 1.165) is 23.6 Å². The van der Waals surface area contributed by atoms with Gasteiger partial charge in [-0.1, -0.05) is 55.5 Å². The minimum Gasteiger partial charge on any atom is -0.478 e. The lowest BCUT2D eigenvalue weighted by Gasteiger charge is -2.03. The molecule has 2 aromatic carbocycles. The molecule has 0 atom stereocenters. The molecule has 96 valence electrons. The minimum absolute atomic E-state index is 0.885. The molecule has 0 radical (unpaired) electrons. The van der Waals surface area contributed by atoms with E-state index in [-0.39, 0.29) is 0 Å². The monoisotopic (exact) mass is 252 g/mol. The predicted octanol–water partition coefficient (Wildman–Crippen LogP) is 4.01. The van der Waals surface area contributed by atoms with Crippen LogP contribution in [0.25, 0.3) is 17.2 Å². The van der Waals surface area contributed by atoms with E-state index in [9.17, 15) is 4.79 Å². The molecule has 0 aliphatic heterocycles. The Morgan fingerprint density at radius 3 is 2.00 bits per heavy atom. The van der Waals surface area contributed by atoms with Gasteiger partial charge in [0.05, 0.1) is 0 Å². The van der Waals surface area contributed by atoms with Gasteiger partial charge in [0.1, 0.15) is 0 Å². The molecule has 0 aliphatic rings. The summed E-state index contributed by atoms with van der Waals surface area (Å²) in [6.07, 6.45) is 3.77. The molecule has 0 unspecified atom stereocenters. The van der Waals surface area contributed by atoms with Crippen LogP contribution < -0.4 is 0 Å². The highest BCUT2D eigenvalue weighted by Gasteiger charge is 1.97. The summed E-state index contributed by atoms with van der Waals surface area (Å²) < 4.78 is 0. The number of aliphatic carboxylic acids is 1. The number of hydrogen-bond acceptors (Lipinski definition) is 1. The summed E-state index contributed by atoms with van der Waals surface area (Å²) in [5.74, 6) is -0.931. The lowest BCUT2D eigenvalue weighted by molar-refractivity contribution is -0.131. The molecule has 0 aromatic heterocycles. The molecule has 2 nitrogen and oxygen atoms in total. The van der Waals surface area contributed by atoms with Gasteiger partial charge in [0.15, 0.2) is 0 Å². The van der Waals surface area contributed by atoms with Crippen LogP contribution in [0.5, 0.6) is 0 Å². The molecular formula is C17H16O2. The number of carbonyl (C=O) groups is 1. The molecular weight excluding hydrogens is 236 g/mol. The molecule has 0 heterocycles. The topological polar surface area (TPSA) is 37.3 Å². The summed E-state index contributed by atoms with van der Waals surface area (Å²) in [6, 6.07) is 16.3. The van der Waals surface area contributed by atoms with Crippen LogP contribution in [-0.4, -0.2) is 11.1 Å². The first-order chi connectivity index (χ1) is 9.19. The molecule has 2 rings (SSSR count). The smallest absolute Gasteiger partial charge is 0.328 e. The van der Waals surface area contributed by atoms with Gasteiger partial charge in [-0.3, -0.25) is 0 Å². The quantitative estimate of drug-likeness (QED) is 0.835. The lowest BCUT2D eigenvalue weighted by Crippen LogP contribution is -1.86. The van der Waals surface area contributed by atoms with E-state index in [1.807, 2.05) is 24.3 Å². The summed E-state index contributed by atoms with van der Waals surface area (Å²) in [7, 11) is 0. The second kappa shape index (κ2) is 6.01. The molecule has 0 spiro atoms. The van der Waals surface area contributed by atoms with Crippen LogP contribution in [0.1, 0.15) is 18.1 Å². The zero-order valence-corrected chi connectivity index (χ0v) is 10.8. The third kappa shape index (κ3) is 3.55. The number of carboxylic acid groups (broad SMARTS) is 1. The second-order valence-electron chi connectivity index (χ2n) is 4.34. The molecule has 0 aliphatic carbocycles. The third-order valence-electron chi connectivity index (χ3n) is 3.02. The zero-order chi connectivity index (χ0) is 13.7. The van der Waals surface area contributed by atoms with Crippen LogP contribution in [0.4, 0.5) is 0 Å². The first kappa shape index (κ1) is 13.1. The van der Waals surface area contributed by atoms with E-state index in [0.29, 0.717) is 0 Å². The Bertz CT molecular complexity index is 578. The molecule has 19 heavy (non-hydrogen) atoms. The first-order valence-corrected chi connectivity index (χ1v) is 6.29. The number of benzene rings is 2. The molecule has 2 heteroatoms. The van der Waals surface area contributed by atoms with Crippen molar-refractivity contribution in [2.75, 3.05) is 0 Å². The van der Waals surface area contributed by atoms with Crippen LogP contribution in [-0.2, 0) is 11.2 Å². The van der Waals surface area contributed by atoms with Gasteiger partial charge in [-0.25, -0.2) is 4.79 Å². The zero-order valence-electron chi connectivity index (χ0n) is 10.8. The van der Waals surface area contributed by atoms with Crippen LogP contribution in [0, 0.1) is 0 Å². The molecule has 0 bridgehead atoms. The summed E-state index contributed by atoms with van der Waals surface area (Å²) in [5, 5.41) is 8.57. The minimum atomic E-state index is -0.931. The number of hydrogen-bond donors (Lipinski definition) is 1. The van der Waals surface area contributed by atoms with Crippen LogP contribution >= 0.6 is 0 Å². The van der Waals surface area contributed by atoms with Crippen molar-refractivity contribution >= 4 is 12.0 Å². The van der Waals surface area contributed by atoms with E-state index in [2.05, 4.69) is 31.2 Å². The van der Waals surface area contributed by atoms with Gasteiger partial charge < -0.3 is 5.11 Å². The van der Waals surface area contributed by atoms with E-state index < -0.39 is 5.97 Å².